The maximum absolute atomic E-state index is 13.9. The van der Waals surface area contributed by atoms with Gasteiger partial charge in [0.05, 0.1) is 4.92 Å². The summed E-state index contributed by atoms with van der Waals surface area (Å²) in [4.78, 5) is 12.0. The Balaban J connectivity index is 2.01. The first-order valence-electron chi connectivity index (χ1n) is 6.41. The van der Waals surface area contributed by atoms with Gasteiger partial charge in [-0.15, -0.1) is 0 Å². The largest absolute Gasteiger partial charge is 0.313 e. The van der Waals surface area contributed by atoms with Crippen molar-refractivity contribution in [3.8, 4) is 0 Å². The molecule has 2 rings (SSSR count). The van der Waals surface area contributed by atoms with E-state index in [9.17, 15) is 14.5 Å². The van der Waals surface area contributed by atoms with Crippen LogP contribution in [-0.4, -0.2) is 36.0 Å². The van der Waals surface area contributed by atoms with Gasteiger partial charge in [-0.25, -0.2) is 0 Å². The highest BCUT2D eigenvalue weighted by Gasteiger charge is 2.20. The summed E-state index contributed by atoms with van der Waals surface area (Å²) in [6.45, 7) is 2.23. The first-order chi connectivity index (χ1) is 9.08. The number of likely N-dealkylation sites (N-methyl/N-ethyl adjacent to an activating group) is 1. The minimum Gasteiger partial charge on any atom is -0.313 e. The average molecular weight is 267 g/mol. The number of hydrogen-bond acceptors (Lipinski definition) is 4. The van der Waals surface area contributed by atoms with Gasteiger partial charge in [-0.3, -0.25) is 10.1 Å². The lowest BCUT2D eigenvalue weighted by Crippen LogP contribution is -2.35. The second-order valence-corrected chi connectivity index (χ2v) is 5.00. The Labute approximate surface area is 111 Å². The number of nitrogens with zero attached hydrogens (tertiary/aromatic N) is 2. The maximum atomic E-state index is 13.9. The van der Waals surface area contributed by atoms with Gasteiger partial charge in [-0.2, -0.15) is 4.39 Å². The molecule has 1 aromatic carbocycles. The van der Waals surface area contributed by atoms with E-state index in [1.165, 1.54) is 18.6 Å². The van der Waals surface area contributed by atoms with Crippen LogP contribution in [0.25, 0.3) is 0 Å². The lowest BCUT2D eigenvalue weighted by Gasteiger charge is -2.21. The van der Waals surface area contributed by atoms with Crippen LogP contribution in [0.3, 0.4) is 0 Å². The maximum Gasteiger partial charge on any atom is 0.305 e. The molecule has 1 unspecified atom stereocenters. The molecule has 0 spiro atoms. The predicted molar refractivity (Wildman–Crippen MR) is 70.4 cm³/mol. The summed E-state index contributed by atoms with van der Waals surface area (Å²) in [7, 11) is 1.90. The molecule has 1 fully saturated rings. The standard InChI is InChI=1S/C13H18FN3O2/c1-16(9-11-5-3-7-15-11)8-10-4-2-6-12(13(10)14)17(18)19/h2,4,6,11,15H,3,5,7-9H2,1H3. The molecule has 19 heavy (non-hydrogen) atoms. The molecule has 104 valence electrons. The molecule has 0 aliphatic carbocycles. The summed E-state index contributed by atoms with van der Waals surface area (Å²) in [5.41, 5.74) is -0.0837. The fourth-order valence-corrected chi connectivity index (χ4v) is 2.47. The topological polar surface area (TPSA) is 58.4 Å². The molecular weight excluding hydrogens is 249 g/mol. The van der Waals surface area contributed by atoms with Crippen molar-refractivity contribution in [1.29, 1.82) is 0 Å². The van der Waals surface area contributed by atoms with Crippen LogP contribution in [0.2, 0.25) is 0 Å². The van der Waals surface area contributed by atoms with Gasteiger partial charge in [-0.1, -0.05) is 12.1 Å². The molecule has 1 atom stereocenters. The van der Waals surface area contributed by atoms with Gasteiger partial charge in [-0.05, 0) is 26.4 Å². The van der Waals surface area contributed by atoms with Crippen molar-refractivity contribution >= 4 is 5.69 Å². The molecule has 1 N–H and O–H groups in total. The summed E-state index contributed by atoms with van der Waals surface area (Å²) < 4.78 is 13.9. The fourth-order valence-electron chi connectivity index (χ4n) is 2.47. The molecule has 0 radical (unpaired) electrons. The third kappa shape index (κ3) is 3.48. The van der Waals surface area contributed by atoms with Crippen LogP contribution in [-0.2, 0) is 6.54 Å². The van der Waals surface area contributed by atoms with E-state index >= 15 is 0 Å². The highest BCUT2D eigenvalue weighted by atomic mass is 19.1. The van der Waals surface area contributed by atoms with Gasteiger partial charge >= 0.3 is 5.69 Å². The molecular formula is C13H18FN3O2. The molecule has 0 amide bonds. The lowest BCUT2D eigenvalue weighted by atomic mass is 10.1. The second kappa shape index (κ2) is 6.08. The zero-order valence-corrected chi connectivity index (χ0v) is 10.9. The number of halogens is 1. The minimum atomic E-state index is -0.723. The Morgan fingerprint density at radius 3 is 3.00 bits per heavy atom. The third-order valence-electron chi connectivity index (χ3n) is 3.39. The van der Waals surface area contributed by atoms with E-state index in [-0.39, 0.29) is 0 Å². The Morgan fingerprint density at radius 1 is 1.58 bits per heavy atom. The number of hydrogen-bond donors (Lipinski definition) is 1. The number of nitro groups is 1. The lowest BCUT2D eigenvalue weighted by molar-refractivity contribution is -0.387. The van der Waals surface area contributed by atoms with Crippen molar-refractivity contribution < 1.29 is 9.31 Å². The van der Waals surface area contributed by atoms with E-state index in [2.05, 4.69) is 5.32 Å². The zero-order valence-electron chi connectivity index (χ0n) is 10.9. The molecule has 0 bridgehead atoms. The summed E-state index contributed by atoms with van der Waals surface area (Å²) in [5.74, 6) is -0.723. The van der Waals surface area contributed by atoms with Crippen molar-refractivity contribution in [2.75, 3.05) is 20.1 Å². The van der Waals surface area contributed by atoms with E-state index in [1.54, 1.807) is 6.07 Å². The van der Waals surface area contributed by atoms with Gasteiger partial charge in [0.15, 0.2) is 0 Å². The van der Waals surface area contributed by atoms with Crippen LogP contribution >= 0.6 is 0 Å². The van der Waals surface area contributed by atoms with Gasteiger partial charge in [0.2, 0.25) is 5.82 Å². The van der Waals surface area contributed by atoms with Crippen LogP contribution in [0, 0.1) is 15.9 Å². The first-order valence-corrected chi connectivity index (χ1v) is 6.41. The summed E-state index contributed by atoms with van der Waals surface area (Å²) >= 11 is 0. The Kier molecular flexibility index (Phi) is 4.44. The molecule has 5 nitrogen and oxygen atoms in total. The van der Waals surface area contributed by atoms with Crippen LogP contribution in [0.4, 0.5) is 10.1 Å². The van der Waals surface area contributed by atoms with Crippen LogP contribution in [0.15, 0.2) is 18.2 Å². The zero-order chi connectivity index (χ0) is 13.8. The van der Waals surface area contributed by atoms with Crippen molar-refractivity contribution in [2.24, 2.45) is 0 Å². The number of benzene rings is 1. The van der Waals surface area contributed by atoms with Gasteiger partial charge in [0.1, 0.15) is 0 Å². The van der Waals surface area contributed by atoms with E-state index < -0.39 is 16.4 Å². The fraction of sp³-hybridized carbons (Fsp3) is 0.538. The van der Waals surface area contributed by atoms with Crippen molar-refractivity contribution in [2.45, 2.75) is 25.4 Å². The number of nitrogens with one attached hydrogen (secondary N) is 1. The van der Waals surface area contributed by atoms with Crippen LogP contribution < -0.4 is 5.32 Å². The smallest absolute Gasteiger partial charge is 0.305 e. The van der Waals surface area contributed by atoms with Gasteiger partial charge in [0.25, 0.3) is 0 Å². The highest BCUT2D eigenvalue weighted by molar-refractivity contribution is 5.36. The average Bonchev–Trinajstić information content (AvgIpc) is 2.84. The molecule has 1 aliphatic rings. The van der Waals surface area contributed by atoms with E-state index in [4.69, 9.17) is 0 Å². The monoisotopic (exact) mass is 267 g/mol. The predicted octanol–water partition coefficient (Wildman–Crippen LogP) is 1.92. The Morgan fingerprint density at radius 2 is 2.37 bits per heavy atom. The van der Waals surface area contributed by atoms with Crippen molar-refractivity contribution in [1.82, 2.24) is 10.2 Å². The molecule has 0 aromatic heterocycles. The van der Waals surface area contributed by atoms with E-state index in [0.29, 0.717) is 18.2 Å². The molecule has 1 saturated heterocycles. The molecule has 1 aliphatic heterocycles. The Hall–Kier alpha value is -1.53. The minimum absolute atomic E-state index is 0.370. The summed E-state index contributed by atoms with van der Waals surface area (Å²) in [6.07, 6.45) is 2.30. The summed E-state index contributed by atoms with van der Waals surface area (Å²) in [5, 5.41) is 14.1. The van der Waals surface area contributed by atoms with Crippen LogP contribution in [0.5, 0.6) is 0 Å². The van der Waals surface area contributed by atoms with Crippen molar-refractivity contribution in [3.63, 3.8) is 0 Å². The quantitative estimate of drug-likeness (QED) is 0.654. The molecule has 1 heterocycles. The molecule has 6 heteroatoms. The van der Waals surface area contributed by atoms with Gasteiger partial charge < -0.3 is 10.2 Å². The van der Waals surface area contributed by atoms with Crippen molar-refractivity contribution in [3.05, 3.63) is 39.7 Å². The van der Waals surface area contributed by atoms with Gasteiger partial charge in [0, 0.05) is 30.8 Å². The second-order valence-electron chi connectivity index (χ2n) is 5.00. The normalized spacial score (nSPS) is 19.0. The molecule has 1 aromatic rings. The highest BCUT2D eigenvalue weighted by Crippen LogP contribution is 2.21. The number of nitro benzene ring substituents is 1. The first kappa shape index (κ1) is 13.9. The Bertz CT molecular complexity index is 461. The molecule has 0 saturated carbocycles. The summed E-state index contributed by atoms with van der Waals surface area (Å²) in [6, 6.07) is 4.75. The number of rotatable bonds is 5. The van der Waals surface area contributed by atoms with E-state index in [1.807, 2.05) is 11.9 Å². The SMILES string of the molecule is CN(Cc1cccc([N+](=O)[O-])c1F)CC1CCCN1. The van der Waals surface area contributed by atoms with Crippen LogP contribution in [0.1, 0.15) is 18.4 Å². The third-order valence-corrected chi connectivity index (χ3v) is 3.39. The van der Waals surface area contributed by atoms with E-state index in [0.717, 1.165) is 19.5 Å².